The summed E-state index contributed by atoms with van der Waals surface area (Å²) >= 11 is 0. The number of aromatic nitrogens is 2. The van der Waals surface area contributed by atoms with Crippen LogP contribution in [0.2, 0.25) is 0 Å². The van der Waals surface area contributed by atoms with Crippen LogP contribution < -0.4 is 5.32 Å². The maximum absolute atomic E-state index is 5.71. The van der Waals surface area contributed by atoms with E-state index in [2.05, 4.69) is 15.5 Å². The van der Waals surface area contributed by atoms with E-state index < -0.39 is 0 Å². The summed E-state index contributed by atoms with van der Waals surface area (Å²) in [6.45, 7) is 1.10. The summed E-state index contributed by atoms with van der Waals surface area (Å²) in [6, 6.07) is 10.4. The molecule has 18 heavy (non-hydrogen) atoms. The molecule has 2 heterocycles. The normalized spacial score (nSPS) is 19.9. The Morgan fingerprint density at radius 3 is 2.83 bits per heavy atom. The average molecular weight is 243 g/mol. The van der Waals surface area contributed by atoms with Crippen LogP contribution in [0.4, 0.5) is 0 Å². The van der Waals surface area contributed by atoms with Crippen molar-refractivity contribution in [2.45, 2.75) is 31.7 Å². The molecular weight excluding hydrogens is 226 g/mol. The van der Waals surface area contributed by atoms with Crippen LogP contribution in [0.1, 0.15) is 25.2 Å². The van der Waals surface area contributed by atoms with Crippen LogP contribution in [0.25, 0.3) is 11.5 Å². The number of rotatable bonds is 3. The Morgan fingerprint density at radius 1 is 1.17 bits per heavy atom. The van der Waals surface area contributed by atoms with Gasteiger partial charge in [0.1, 0.15) is 0 Å². The Labute approximate surface area is 106 Å². The first kappa shape index (κ1) is 11.4. The summed E-state index contributed by atoms with van der Waals surface area (Å²) in [5.74, 6) is 1.34. The monoisotopic (exact) mass is 243 g/mol. The molecule has 0 radical (unpaired) electrons. The Hall–Kier alpha value is -1.68. The highest BCUT2D eigenvalue weighted by molar-refractivity contribution is 5.51. The predicted molar refractivity (Wildman–Crippen MR) is 69.1 cm³/mol. The molecule has 0 unspecified atom stereocenters. The molecule has 1 aliphatic rings. The largest absolute Gasteiger partial charge is 0.421 e. The molecule has 0 amide bonds. The second-order valence-corrected chi connectivity index (χ2v) is 4.72. The maximum Gasteiger partial charge on any atom is 0.247 e. The van der Waals surface area contributed by atoms with Crippen molar-refractivity contribution in [2.24, 2.45) is 0 Å². The van der Waals surface area contributed by atoms with Crippen LogP contribution in [0.15, 0.2) is 34.7 Å². The number of hydrogen-bond acceptors (Lipinski definition) is 4. The molecule has 1 saturated heterocycles. The molecule has 3 rings (SSSR count). The van der Waals surface area contributed by atoms with Gasteiger partial charge in [-0.25, -0.2) is 0 Å². The van der Waals surface area contributed by atoms with E-state index in [1.54, 1.807) is 0 Å². The zero-order chi connectivity index (χ0) is 12.2. The van der Waals surface area contributed by atoms with E-state index in [1.807, 2.05) is 30.3 Å². The summed E-state index contributed by atoms with van der Waals surface area (Å²) < 4.78 is 5.71. The molecule has 0 bridgehead atoms. The summed E-state index contributed by atoms with van der Waals surface area (Å²) in [5.41, 5.74) is 0.979. The van der Waals surface area contributed by atoms with Gasteiger partial charge >= 0.3 is 0 Å². The van der Waals surface area contributed by atoms with Crippen molar-refractivity contribution in [3.05, 3.63) is 36.2 Å². The molecule has 4 nitrogen and oxygen atoms in total. The van der Waals surface area contributed by atoms with Crippen molar-refractivity contribution in [3.63, 3.8) is 0 Å². The molecular formula is C14H17N3O. The highest BCUT2D eigenvalue weighted by Gasteiger charge is 2.16. The van der Waals surface area contributed by atoms with E-state index in [0.29, 0.717) is 11.9 Å². The summed E-state index contributed by atoms with van der Waals surface area (Å²) in [6.07, 6.45) is 4.59. The van der Waals surface area contributed by atoms with Crippen molar-refractivity contribution in [1.29, 1.82) is 0 Å². The van der Waals surface area contributed by atoms with Gasteiger partial charge in [0, 0.05) is 18.0 Å². The molecule has 1 fully saturated rings. The minimum absolute atomic E-state index is 0.489. The van der Waals surface area contributed by atoms with Crippen molar-refractivity contribution < 1.29 is 4.42 Å². The van der Waals surface area contributed by atoms with Gasteiger partial charge in [-0.15, -0.1) is 10.2 Å². The van der Waals surface area contributed by atoms with E-state index in [1.165, 1.54) is 19.3 Å². The van der Waals surface area contributed by atoms with Gasteiger partial charge < -0.3 is 9.73 Å². The highest BCUT2D eigenvalue weighted by atomic mass is 16.4. The third kappa shape index (κ3) is 2.59. The smallest absolute Gasteiger partial charge is 0.247 e. The molecule has 1 aromatic heterocycles. The SMILES string of the molecule is c1ccc(-c2nnc(C[C@@H]3CCCCN3)o2)cc1. The molecule has 0 spiro atoms. The van der Waals surface area contributed by atoms with Gasteiger partial charge in [0.05, 0.1) is 0 Å². The standard InChI is InChI=1S/C14H17N3O/c1-2-6-11(7-3-1)14-17-16-13(18-14)10-12-8-4-5-9-15-12/h1-3,6-7,12,15H,4-5,8-10H2/t12-/m0/s1. The van der Waals surface area contributed by atoms with Gasteiger partial charge in [0.2, 0.25) is 11.8 Å². The minimum Gasteiger partial charge on any atom is -0.421 e. The van der Waals surface area contributed by atoms with Crippen molar-refractivity contribution >= 4 is 0 Å². The summed E-state index contributed by atoms with van der Waals surface area (Å²) in [5, 5.41) is 11.7. The van der Waals surface area contributed by atoms with Gasteiger partial charge in [-0.05, 0) is 31.5 Å². The number of nitrogens with zero attached hydrogens (tertiary/aromatic N) is 2. The lowest BCUT2D eigenvalue weighted by Gasteiger charge is -2.21. The quantitative estimate of drug-likeness (QED) is 0.899. The molecule has 0 aliphatic carbocycles. The second-order valence-electron chi connectivity index (χ2n) is 4.72. The lowest BCUT2D eigenvalue weighted by molar-refractivity contribution is 0.369. The second kappa shape index (κ2) is 5.31. The lowest BCUT2D eigenvalue weighted by atomic mass is 10.0. The zero-order valence-corrected chi connectivity index (χ0v) is 10.3. The van der Waals surface area contributed by atoms with Crippen molar-refractivity contribution in [1.82, 2.24) is 15.5 Å². The summed E-state index contributed by atoms with van der Waals surface area (Å²) in [7, 11) is 0. The van der Waals surface area contributed by atoms with E-state index >= 15 is 0 Å². The van der Waals surface area contributed by atoms with E-state index in [9.17, 15) is 0 Å². The Morgan fingerprint density at radius 2 is 2.06 bits per heavy atom. The van der Waals surface area contributed by atoms with Crippen molar-refractivity contribution in [2.75, 3.05) is 6.54 Å². The van der Waals surface area contributed by atoms with Crippen LogP contribution in [0.5, 0.6) is 0 Å². The molecule has 94 valence electrons. The Balaban J connectivity index is 1.69. The van der Waals surface area contributed by atoms with Gasteiger partial charge in [0.15, 0.2) is 0 Å². The fourth-order valence-corrected chi connectivity index (χ4v) is 2.34. The van der Waals surface area contributed by atoms with Gasteiger partial charge in [0.25, 0.3) is 0 Å². The Kier molecular flexibility index (Phi) is 3.37. The van der Waals surface area contributed by atoms with Crippen LogP contribution in [-0.4, -0.2) is 22.8 Å². The zero-order valence-electron chi connectivity index (χ0n) is 10.3. The van der Waals surface area contributed by atoms with Crippen LogP contribution >= 0.6 is 0 Å². The van der Waals surface area contributed by atoms with E-state index in [4.69, 9.17) is 4.42 Å². The third-order valence-corrected chi connectivity index (χ3v) is 3.32. The lowest BCUT2D eigenvalue weighted by Crippen LogP contribution is -2.35. The highest BCUT2D eigenvalue weighted by Crippen LogP contribution is 2.18. The molecule has 1 aromatic carbocycles. The molecule has 0 saturated carbocycles. The van der Waals surface area contributed by atoms with Crippen LogP contribution in [0.3, 0.4) is 0 Å². The third-order valence-electron chi connectivity index (χ3n) is 3.32. The summed E-state index contributed by atoms with van der Waals surface area (Å²) in [4.78, 5) is 0. The topological polar surface area (TPSA) is 51.0 Å². The van der Waals surface area contributed by atoms with Crippen molar-refractivity contribution in [3.8, 4) is 11.5 Å². The first-order valence-corrected chi connectivity index (χ1v) is 6.53. The fraction of sp³-hybridized carbons (Fsp3) is 0.429. The van der Waals surface area contributed by atoms with Gasteiger partial charge in [-0.1, -0.05) is 24.6 Å². The van der Waals surface area contributed by atoms with Gasteiger partial charge in [-0.3, -0.25) is 0 Å². The number of piperidine rings is 1. The van der Waals surface area contributed by atoms with Crippen LogP contribution in [0, 0.1) is 0 Å². The fourth-order valence-electron chi connectivity index (χ4n) is 2.34. The average Bonchev–Trinajstić information content (AvgIpc) is 2.89. The molecule has 1 atom stereocenters. The predicted octanol–water partition coefficient (Wildman–Crippen LogP) is 2.42. The Bertz CT molecular complexity index is 489. The first-order valence-electron chi connectivity index (χ1n) is 6.53. The maximum atomic E-state index is 5.71. The minimum atomic E-state index is 0.489. The van der Waals surface area contributed by atoms with Gasteiger partial charge in [-0.2, -0.15) is 0 Å². The number of nitrogens with one attached hydrogen (secondary N) is 1. The van der Waals surface area contributed by atoms with E-state index in [-0.39, 0.29) is 0 Å². The van der Waals surface area contributed by atoms with Crippen LogP contribution in [-0.2, 0) is 6.42 Å². The molecule has 1 aliphatic heterocycles. The number of benzene rings is 1. The first-order chi connectivity index (χ1) is 8.92. The van der Waals surface area contributed by atoms with E-state index in [0.717, 1.165) is 24.4 Å². The molecule has 2 aromatic rings. The number of hydrogen-bond donors (Lipinski definition) is 1. The molecule has 4 heteroatoms. The molecule has 1 N–H and O–H groups in total.